The van der Waals surface area contributed by atoms with Crippen molar-refractivity contribution in [1.82, 2.24) is 0 Å². The monoisotopic (exact) mass is 362 g/mol. The van der Waals surface area contributed by atoms with Gasteiger partial charge in [-0.3, -0.25) is 4.79 Å². The molecule has 2 heterocycles. The van der Waals surface area contributed by atoms with Gasteiger partial charge in [-0.05, 0) is 73.7 Å². The van der Waals surface area contributed by atoms with Crippen molar-refractivity contribution in [3.8, 4) is 5.75 Å². The largest absolute Gasteiger partial charge is 0.507 e. The van der Waals surface area contributed by atoms with E-state index in [0.717, 1.165) is 55.6 Å². The Kier molecular flexibility index (Phi) is 4.65. The van der Waals surface area contributed by atoms with Crippen molar-refractivity contribution < 1.29 is 9.90 Å². The van der Waals surface area contributed by atoms with Gasteiger partial charge in [0.15, 0.2) is 5.78 Å². The number of carbonyl (C=O) groups is 1. The predicted molar refractivity (Wildman–Crippen MR) is 111 cm³/mol. The van der Waals surface area contributed by atoms with E-state index in [-0.39, 0.29) is 5.78 Å². The molecular weight excluding hydrogens is 336 g/mol. The minimum atomic E-state index is -0.0484. The maximum Gasteiger partial charge on any atom is 0.185 e. The number of allylic oxidation sites excluding steroid dienone is 1. The van der Waals surface area contributed by atoms with Crippen LogP contribution < -0.4 is 9.80 Å². The quantitative estimate of drug-likeness (QED) is 0.658. The van der Waals surface area contributed by atoms with Gasteiger partial charge in [0.2, 0.25) is 0 Å². The van der Waals surface area contributed by atoms with Gasteiger partial charge in [0.05, 0.1) is 0 Å². The SMILES string of the molecule is CN(C)c1ccc(C(=O)/C=C/c2cc3c4c(c2O)CCCN4CCC3)cc1. The van der Waals surface area contributed by atoms with Gasteiger partial charge in [-0.2, -0.15) is 0 Å². The fraction of sp³-hybridized carbons (Fsp3) is 0.348. The van der Waals surface area contributed by atoms with E-state index in [9.17, 15) is 9.90 Å². The Labute approximate surface area is 160 Å². The summed E-state index contributed by atoms with van der Waals surface area (Å²) in [6.45, 7) is 2.16. The van der Waals surface area contributed by atoms with Crippen molar-refractivity contribution in [3.63, 3.8) is 0 Å². The van der Waals surface area contributed by atoms with Crippen molar-refractivity contribution in [2.45, 2.75) is 25.7 Å². The first-order valence-corrected chi connectivity index (χ1v) is 9.67. The van der Waals surface area contributed by atoms with Gasteiger partial charge in [-0.15, -0.1) is 0 Å². The number of carbonyl (C=O) groups excluding carboxylic acids is 1. The van der Waals surface area contributed by atoms with Crippen LogP contribution in [0.25, 0.3) is 6.08 Å². The highest BCUT2D eigenvalue weighted by atomic mass is 16.3. The van der Waals surface area contributed by atoms with E-state index >= 15 is 0 Å². The van der Waals surface area contributed by atoms with Crippen LogP contribution in [-0.2, 0) is 12.8 Å². The third-order valence-electron chi connectivity index (χ3n) is 5.61. The maximum absolute atomic E-state index is 12.5. The highest BCUT2D eigenvalue weighted by molar-refractivity contribution is 6.07. The zero-order chi connectivity index (χ0) is 19.0. The molecule has 0 atom stereocenters. The zero-order valence-electron chi connectivity index (χ0n) is 16.0. The summed E-state index contributed by atoms with van der Waals surface area (Å²) in [5.74, 6) is 0.292. The van der Waals surface area contributed by atoms with Crippen LogP contribution in [0.2, 0.25) is 0 Å². The van der Waals surface area contributed by atoms with E-state index in [0.29, 0.717) is 11.3 Å². The van der Waals surface area contributed by atoms with E-state index in [1.54, 1.807) is 12.2 Å². The third kappa shape index (κ3) is 3.32. The average Bonchev–Trinajstić information content (AvgIpc) is 2.69. The van der Waals surface area contributed by atoms with Crippen LogP contribution in [0.3, 0.4) is 0 Å². The molecule has 0 amide bonds. The lowest BCUT2D eigenvalue weighted by Crippen LogP contribution is -2.34. The number of hydrogen-bond donors (Lipinski definition) is 1. The number of phenolic OH excluding ortho intramolecular Hbond substituents is 1. The van der Waals surface area contributed by atoms with Gasteiger partial charge < -0.3 is 14.9 Å². The number of anilines is 2. The zero-order valence-corrected chi connectivity index (χ0v) is 16.0. The van der Waals surface area contributed by atoms with Gasteiger partial charge in [0, 0.05) is 55.2 Å². The molecule has 2 aromatic rings. The average molecular weight is 362 g/mol. The molecule has 0 saturated carbocycles. The van der Waals surface area contributed by atoms with Crippen molar-refractivity contribution in [3.05, 3.63) is 58.7 Å². The Morgan fingerprint density at radius 3 is 2.52 bits per heavy atom. The van der Waals surface area contributed by atoms with Gasteiger partial charge in [-0.25, -0.2) is 0 Å². The van der Waals surface area contributed by atoms with Crippen LogP contribution in [0.5, 0.6) is 5.75 Å². The van der Waals surface area contributed by atoms with Gasteiger partial charge in [0.1, 0.15) is 5.75 Å². The smallest absolute Gasteiger partial charge is 0.185 e. The second-order valence-electron chi connectivity index (χ2n) is 7.63. The molecule has 0 radical (unpaired) electrons. The normalized spacial score (nSPS) is 15.7. The molecule has 4 rings (SSSR count). The molecule has 0 fully saturated rings. The first-order valence-electron chi connectivity index (χ1n) is 9.67. The summed E-state index contributed by atoms with van der Waals surface area (Å²) >= 11 is 0. The van der Waals surface area contributed by atoms with Crippen molar-refractivity contribution in [2.75, 3.05) is 37.0 Å². The minimum Gasteiger partial charge on any atom is -0.507 e. The Bertz CT molecular complexity index is 896. The molecule has 2 aliphatic rings. The maximum atomic E-state index is 12.5. The molecule has 0 unspecified atom stereocenters. The summed E-state index contributed by atoms with van der Waals surface area (Å²) in [4.78, 5) is 16.9. The Balaban J connectivity index is 1.61. The number of benzene rings is 2. The topological polar surface area (TPSA) is 43.8 Å². The molecule has 0 aliphatic carbocycles. The molecular formula is C23H26N2O2. The number of aryl methyl sites for hydroxylation is 1. The van der Waals surface area contributed by atoms with Gasteiger partial charge >= 0.3 is 0 Å². The minimum absolute atomic E-state index is 0.0484. The van der Waals surface area contributed by atoms with E-state index in [2.05, 4.69) is 11.0 Å². The van der Waals surface area contributed by atoms with Crippen LogP contribution in [0.1, 0.15) is 39.9 Å². The van der Waals surface area contributed by atoms with Crippen molar-refractivity contribution >= 4 is 23.2 Å². The second-order valence-corrected chi connectivity index (χ2v) is 7.63. The second kappa shape index (κ2) is 7.10. The predicted octanol–water partition coefficient (Wildman–Crippen LogP) is 4.05. The molecule has 0 aromatic heterocycles. The van der Waals surface area contributed by atoms with Crippen molar-refractivity contribution in [2.24, 2.45) is 0 Å². The highest BCUT2D eigenvalue weighted by Gasteiger charge is 2.27. The fourth-order valence-corrected chi connectivity index (χ4v) is 4.18. The lowest BCUT2D eigenvalue weighted by atomic mass is 9.89. The van der Waals surface area contributed by atoms with Crippen LogP contribution in [0.4, 0.5) is 11.4 Å². The standard InChI is InChI=1S/C23H26N2O2/c1-24(2)19-10-7-16(8-11-19)21(26)12-9-18-15-17-5-3-13-25-14-4-6-20(22(17)25)23(18)27/h7-12,15,27H,3-6,13-14H2,1-2H3/b12-9+. The van der Waals surface area contributed by atoms with E-state index in [4.69, 9.17) is 0 Å². The van der Waals surface area contributed by atoms with E-state index in [1.165, 1.54) is 11.3 Å². The Morgan fingerprint density at radius 2 is 1.81 bits per heavy atom. The van der Waals surface area contributed by atoms with E-state index in [1.807, 2.05) is 43.3 Å². The first-order chi connectivity index (χ1) is 13.0. The molecule has 0 spiro atoms. The molecule has 1 N–H and O–H groups in total. The Hall–Kier alpha value is -2.75. The molecule has 2 aliphatic heterocycles. The van der Waals surface area contributed by atoms with Crippen LogP contribution in [-0.4, -0.2) is 38.1 Å². The number of ketones is 1. The number of aromatic hydroxyl groups is 1. The molecule has 140 valence electrons. The molecule has 2 aromatic carbocycles. The molecule has 4 heteroatoms. The lowest BCUT2D eigenvalue weighted by Gasteiger charge is -2.37. The number of nitrogens with zero attached hydrogens (tertiary/aromatic N) is 2. The van der Waals surface area contributed by atoms with Gasteiger partial charge in [0.25, 0.3) is 0 Å². The lowest BCUT2D eigenvalue weighted by molar-refractivity contribution is 0.104. The fourth-order valence-electron chi connectivity index (χ4n) is 4.18. The summed E-state index contributed by atoms with van der Waals surface area (Å²) < 4.78 is 0. The van der Waals surface area contributed by atoms with E-state index < -0.39 is 0 Å². The summed E-state index contributed by atoms with van der Waals surface area (Å²) in [5, 5.41) is 10.8. The molecule has 0 bridgehead atoms. The number of hydrogen-bond acceptors (Lipinski definition) is 4. The molecule has 27 heavy (non-hydrogen) atoms. The first kappa shape index (κ1) is 17.7. The van der Waals surface area contributed by atoms with Crippen LogP contribution >= 0.6 is 0 Å². The third-order valence-corrected chi connectivity index (χ3v) is 5.61. The summed E-state index contributed by atoms with van der Waals surface area (Å²) in [6, 6.07) is 9.63. The Morgan fingerprint density at radius 1 is 1.11 bits per heavy atom. The van der Waals surface area contributed by atoms with Crippen LogP contribution in [0.15, 0.2) is 36.4 Å². The van der Waals surface area contributed by atoms with Crippen LogP contribution in [0, 0.1) is 0 Å². The summed E-state index contributed by atoms with van der Waals surface area (Å²) in [5.41, 5.74) is 6.07. The molecule has 0 saturated heterocycles. The molecule has 4 nitrogen and oxygen atoms in total. The number of phenols is 1. The number of rotatable bonds is 4. The van der Waals surface area contributed by atoms with Gasteiger partial charge in [-0.1, -0.05) is 0 Å². The highest BCUT2D eigenvalue weighted by Crippen LogP contribution is 2.42. The van der Waals surface area contributed by atoms with Crippen molar-refractivity contribution in [1.29, 1.82) is 0 Å². The summed E-state index contributed by atoms with van der Waals surface area (Å²) in [7, 11) is 3.95. The summed E-state index contributed by atoms with van der Waals surface area (Å²) in [6.07, 6.45) is 7.51.